The first-order chi connectivity index (χ1) is 13.5. The maximum atomic E-state index is 14.3. The third-order valence-electron chi connectivity index (χ3n) is 4.55. The topological polar surface area (TPSA) is 18.5 Å². The van der Waals surface area contributed by atoms with Crippen LogP contribution in [0.4, 0.5) is 13.2 Å². The average molecular weight is 386 g/mol. The second-order valence-electron chi connectivity index (χ2n) is 6.33. The molecule has 5 heteroatoms. The summed E-state index contributed by atoms with van der Waals surface area (Å²) >= 11 is 0. The van der Waals surface area contributed by atoms with E-state index in [4.69, 9.17) is 9.47 Å². The molecule has 0 saturated carbocycles. The summed E-state index contributed by atoms with van der Waals surface area (Å²) in [5.41, 5.74) is 2.47. The summed E-state index contributed by atoms with van der Waals surface area (Å²) in [4.78, 5) is 0. The van der Waals surface area contributed by atoms with Gasteiger partial charge in [0.15, 0.2) is 11.6 Å². The van der Waals surface area contributed by atoms with Crippen molar-refractivity contribution in [2.45, 2.75) is 19.8 Å². The minimum Gasteiger partial charge on any atom is -0.494 e. The summed E-state index contributed by atoms with van der Waals surface area (Å²) in [6.07, 6.45) is 0.887. The lowest BCUT2D eigenvalue weighted by Crippen LogP contribution is -2.00. The molecule has 0 N–H and O–H groups in total. The van der Waals surface area contributed by atoms with Gasteiger partial charge < -0.3 is 9.47 Å². The van der Waals surface area contributed by atoms with E-state index < -0.39 is 11.6 Å². The molecule has 0 unspecified atom stereocenters. The van der Waals surface area contributed by atoms with Crippen LogP contribution >= 0.6 is 0 Å². The summed E-state index contributed by atoms with van der Waals surface area (Å²) in [5.74, 6) is -1.82. The summed E-state index contributed by atoms with van der Waals surface area (Å²) in [5, 5.41) is 0. The second kappa shape index (κ2) is 8.83. The SMILES string of the molecule is CCOc1ccc(-c2ccc(CCc3ccc(OC)c(F)c3F)cc2)c(F)c1. The minimum absolute atomic E-state index is 0.108. The van der Waals surface area contributed by atoms with Crippen LogP contribution in [-0.2, 0) is 12.8 Å². The number of hydrogen-bond acceptors (Lipinski definition) is 2. The predicted octanol–water partition coefficient (Wildman–Crippen LogP) is 5.96. The molecule has 146 valence electrons. The zero-order valence-electron chi connectivity index (χ0n) is 15.8. The number of hydrogen-bond donors (Lipinski definition) is 0. The standard InChI is InChI=1S/C23H21F3O2/c1-3-28-18-11-12-19(20(24)14-18)16-7-4-15(5-8-16)6-9-17-10-13-21(27-2)23(26)22(17)25/h4-5,7-8,10-14H,3,6,9H2,1-2H3. The van der Waals surface area contributed by atoms with Crippen LogP contribution in [0.15, 0.2) is 54.6 Å². The van der Waals surface area contributed by atoms with Crippen molar-refractivity contribution < 1.29 is 22.6 Å². The van der Waals surface area contributed by atoms with Crippen LogP contribution < -0.4 is 9.47 Å². The molecule has 0 atom stereocenters. The van der Waals surface area contributed by atoms with E-state index in [1.165, 1.54) is 25.3 Å². The van der Waals surface area contributed by atoms with Gasteiger partial charge in [-0.05, 0) is 54.7 Å². The van der Waals surface area contributed by atoms with Crippen molar-refractivity contribution in [3.63, 3.8) is 0 Å². The van der Waals surface area contributed by atoms with E-state index in [-0.39, 0.29) is 11.6 Å². The third-order valence-corrected chi connectivity index (χ3v) is 4.55. The first-order valence-corrected chi connectivity index (χ1v) is 9.06. The molecule has 0 aliphatic rings. The molecule has 0 saturated heterocycles. The normalized spacial score (nSPS) is 10.8. The zero-order chi connectivity index (χ0) is 20.1. The Bertz CT molecular complexity index is 953. The van der Waals surface area contributed by atoms with Gasteiger partial charge in [0.05, 0.1) is 13.7 Å². The molecule has 0 bridgehead atoms. The maximum absolute atomic E-state index is 14.3. The van der Waals surface area contributed by atoms with Crippen LogP contribution in [0.5, 0.6) is 11.5 Å². The van der Waals surface area contributed by atoms with Crippen LogP contribution in [0.3, 0.4) is 0 Å². The Labute approximate surface area is 162 Å². The zero-order valence-corrected chi connectivity index (χ0v) is 15.8. The Morgan fingerprint density at radius 2 is 1.57 bits per heavy atom. The van der Waals surface area contributed by atoms with Crippen molar-refractivity contribution in [3.8, 4) is 22.6 Å². The van der Waals surface area contributed by atoms with E-state index in [1.54, 1.807) is 12.1 Å². The molecule has 3 aromatic carbocycles. The molecule has 28 heavy (non-hydrogen) atoms. The number of aryl methyl sites for hydroxylation is 2. The lowest BCUT2D eigenvalue weighted by molar-refractivity contribution is 0.338. The van der Waals surface area contributed by atoms with Crippen molar-refractivity contribution in [2.75, 3.05) is 13.7 Å². The van der Waals surface area contributed by atoms with Gasteiger partial charge in [-0.15, -0.1) is 0 Å². The highest BCUT2D eigenvalue weighted by Gasteiger charge is 2.14. The van der Waals surface area contributed by atoms with Gasteiger partial charge in [-0.2, -0.15) is 4.39 Å². The van der Waals surface area contributed by atoms with Crippen molar-refractivity contribution >= 4 is 0 Å². The maximum Gasteiger partial charge on any atom is 0.200 e. The Hall–Kier alpha value is -2.95. The molecule has 0 spiro atoms. The fourth-order valence-electron chi connectivity index (χ4n) is 3.04. The van der Waals surface area contributed by atoms with Crippen molar-refractivity contribution in [1.29, 1.82) is 0 Å². The molecule has 0 heterocycles. The summed E-state index contributed by atoms with van der Waals surface area (Å²) in [6.45, 7) is 2.32. The van der Waals surface area contributed by atoms with Crippen molar-refractivity contribution in [3.05, 3.63) is 83.2 Å². The molecule has 0 amide bonds. The van der Waals surface area contributed by atoms with Gasteiger partial charge in [-0.3, -0.25) is 0 Å². The molecular formula is C23H21F3O2. The lowest BCUT2D eigenvalue weighted by atomic mass is 9.99. The van der Waals surface area contributed by atoms with E-state index >= 15 is 0 Å². The fraction of sp³-hybridized carbons (Fsp3) is 0.217. The van der Waals surface area contributed by atoms with E-state index in [1.807, 2.05) is 31.2 Å². The van der Waals surface area contributed by atoms with Gasteiger partial charge in [0, 0.05) is 11.6 Å². The Balaban J connectivity index is 1.71. The number of halogens is 3. The largest absolute Gasteiger partial charge is 0.494 e. The Morgan fingerprint density at radius 3 is 2.21 bits per heavy atom. The quantitative estimate of drug-likeness (QED) is 0.499. The molecule has 0 aliphatic heterocycles. The highest BCUT2D eigenvalue weighted by molar-refractivity contribution is 5.65. The van der Waals surface area contributed by atoms with Crippen LogP contribution in [-0.4, -0.2) is 13.7 Å². The van der Waals surface area contributed by atoms with E-state index in [2.05, 4.69) is 0 Å². The molecular weight excluding hydrogens is 365 g/mol. The number of rotatable bonds is 7. The van der Waals surface area contributed by atoms with Gasteiger partial charge in [-0.1, -0.05) is 30.3 Å². The molecule has 0 radical (unpaired) electrons. The van der Waals surface area contributed by atoms with Gasteiger partial charge >= 0.3 is 0 Å². The van der Waals surface area contributed by atoms with Crippen LogP contribution in [0.1, 0.15) is 18.1 Å². The summed E-state index contributed by atoms with van der Waals surface area (Å²) in [6, 6.07) is 15.1. The average Bonchev–Trinajstić information content (AvgIpc) is 2.70. The van der Waals surface area contributed by atoms with Gasteiger partial charge in [-0.25, -0.2) is 8.78 Å². The van der Waals surface area contributed by atoms with Crippen molar-refractivity contribution in [1.82, 2.24) is 0 Å². The second-order valence-corrected chi connectivity index (χ2v) is 6.33. The highest BCUT2D eigenvalue weighted by atomic mass is 19.2. The van der Waals surface area contributed by atoms with E-state index in [0.29, 0.717) is 36.3 Å². The van der Waals surface area contributed by atoms with Crippen LogP contribution in [0, 0.1) is 17.5 Å². The van der Waals surface area contributed by atoms with Gasteiger partial charge in [0.25, 0.3) is 0 Å². The molecule has 0 fully saturated rings. The molecule has 3 rings (SSSR count). The number of ether oxygens (including phenoxy) is 2. The first-order valence-electron chi connectivity index (χ1n) is 9.06. The van der Waals surface area contributed by atoms with Crippen LogP contribution in [0.2, 0.25) is 0 Å². The minimum atomic E-state index is -0.971. The summed E-state index contributed by atoms with van der Waals surface area (Å²) in [7, 11) is 1.30. The van der Waals surface area contributed by atoms with Gasteiger partial charge in [0.1, 0.15) is 11.6 Å². The lowest BCUT2D eigenvalue weighted by Gasteiger charge is -2.09. The van der Waals surface area contributed by atoms with Gasteiger partial charge in [0.2, 0.25) is 5.82 Å². The predicted molar refractivity (Wildman–Crippen MR) is 103 cm³/mol. The molecule has 3 aromatic rings. The molecule has 2 nitrogen and oxygen atoms in total. The monoisotopic (exact) mass is 386 g/mol. The first kappa shape index (κ1) is 19.8. The third kappa shape index (κ3) is 4.30. The Kier molecular flexibility index (Phi) is 6.24. The number of methoxy groups -OCH3 is 1. The fourth-order valence-corrected chi connectivity index (χ4v) is 3.04. The van der Waals surface area contributed by atoms with E-state index in [0.717, 1.165) is 11.1 Å². The van der Waals surface area contributed by atoms with Crippen LogP contribution in [0.25, 0.3) is 11.1 Å². The summed E-state index contributed by atoms with van der Waals surface area (Å²) < 4.78 is 52.2. The van der Waals surface area contributed by atoms with Crippen molar-refractivity contribution in [2.24, 2.45) is 0 Å². The molecule has 0 aliphatic carbocycles. The smallest absolute Gasteiger partial charge is 0.200 e. The van der Waals surface area contributed by atoms with E-state index in [9.17, 15) is 13.2 Å². The molecule has 0 aromatic heterocycles. The number of benzene rings is 3. The highest BCUT2D eigenvalue weighted by Crippen LogP contribution is 2.27. The Morgan fingerprint density at radius 1 is 0.821 bits per heavy atom.